The maximum atomic E-state index is 6.61. The van der Waals surface area contributed by atoms with Crippen LogP contribution in [0.4, 0.5) is 17.1 Å². The lowest BCUT2D eigenvalue weighted by atomic mass is 9.95. The molecule has 0 atom stereocenters. The van der Waals surface area contributed by atoms with Crippen molar-refractivity contribution >= 4 is 93.5 Å². The first-order chi connectivity index (χ1) is 27.8. The molecule has 0 saturated carbocycles. The minimum absolute atomic E-state index is 0.843. The summed E-state index contributed by atoms with van der Waals surface area (Å²) in [6.07, 6.45) is 0. The van der Waals surface area contributed by atoms with Gasteiger partial charge < -0.3 is 18.3 Å². The Bertz CT molecular complexity index is 3460. The molecule has 0 spiro atoms. The van der Waals surface area contributed by atoms with Crippen molar-refractivity contribution < 1.29 is 8.83 Å². The van der Waals surface area contributed by atoms with Crippen LogP contribution >= 0.6 is 0 Å². The number of anilines is 3. The van der Waals surface area contributed by atoms with Crippen LogP contribution in [-0.4, -0.2) is 4.57 Å². The summed E-state index contributed by atoms with van der Waals surface area (Å²) in [6, 6.07) is 69.1. The van der Waals surface area contributed by atoms with Crippen LogP contribution in [0.25, 0.3) is 93.3 Å². The molecule has 262 valence electrons. The Balaban J connectivity index is 1.20. The second-order valence-electron chi connectivity index (χ2n) is 14.4. The Morgan fingerprint density at radius 3 is 1.68 bits per heavy atom. The van der Waals surface area contributed by atoms with Gasteiger partial charge in [0.1, 0.15) is 22.3 Å². The van der Waals surface area contributed by atoms with Crippen LogP contribution in [0.1, 0.15) is 0 Å². The molecule has 0 amide bonds. The smallest absolute Gasteiger partial charge is 0.137 e. The lowest BCUT2D eigenvalue weighted by molar-refractivity contribution is 0.669. The summed E-state index contributed by atoms with van der Waals surface area (Å²) in [4.78, 5) is 2.44. The first-order valence-corrected chi connectivity index (χ1v) is 19.0. The molecular formula is C52H32N2O2. The molecule has 0 aliphatic rings. The molecule has 0 unspecified atom stereocenters. The van der Waals surface area contributed by atoms with Gasteiger partial charge in [-0.05, 0) is 83.1 Å². The van der Waals surface area contributed by atoms with Crippen molar-refractivity contribution in [3.05, 3.63) is 194 Å². The van der Waals surface area contributed by atoms with E-state index >= 15 is 0 Å². The van der Waals surface area contributed by atoms with E-state index in [1.807, 2.05) is 6.07 Å². The van der Waals surface area contributed by atoms with Crippen LogP contribution < -0.4 is 4.90 Å². The molecule has 56 heavy (non-hydrogen) atoms. The predicted octanol–water partition coefficient (Wildman–Crippen LogP) is 14.9. The Morgan fingerprint density at radius 1 is 0.339 bits per heavy atom. The zero-order chi connectivity index (χ0) is 36.7. The van der Waals surface area contributed by atoms with Crippen molar-refractivity contribution in [2.45, 2.75) is 0 Å². The molecule has 3 aromatic heterocycles. The highest BCUT2D eigenvalue weighted by Crippen LogP contribution is 2.50. The average Bonchev–Trinajstić information content (AvgIpc) is 3.93. The molecule has 3 heterocycles. The van der Waals surface area contributed by atoms with Gasteiger partial charge in [0.15, 0.2) is 0 Å². The van der Waals surface area contributed by atoms with Gasteiger partial charge in [-0.1, -0.05) is 127 Å². The fourth-order valence-electron chi connectivity index (χ4n) is 8.99. The molecule has 12 rings (SSSR count). The number of furan rings is 2. The molecule has 9 aromatic carbocycles. The van der Waals surface area contributed by atoms with E-state index in [0.29, 0.717) is 0 Å². The van der Waals surface area contributed by atoms with E-state index < -0.39 is 0 Å². The lowest BCUT2D eigenvalue weighted by Crippen LogP contribution is -2.14. The van der Waals surface area contributed by atoms with Crippen molar-refractivity contribution in [2.75, 3.05) is 4.90 Å². The van der Waals surface area contributed by atoms with Gasteiger partial charge in [-0.15, -0.1) is 0 Å². The summed E-state index contributed by atoms with van der Waals surface area (Å²) >= 11 is 0. The van der Waals surface area contributed by atoms with E-state index in [4.69, 9.17) is 8.83 Å². The van der Waals surface area contributed by atoms with Gasteiger partial charge in [0.05, 0.1) is 39.2 Å². The van der Waals surface area contributed by atoms with Crippen molar-refractivity contribution in [2.24, 2.45) is 0 Å². The third-order valence-electron chi connectivity index (χ3n) is 11.4. The van der Waals surface area contributed by atoms with Gasteiger partial charge in [0.2, 0.25) is 0 Å². The molecule has 0 N–H and O–H groups in total. The molecule has 0 fully saturated rings. The summed E-state index contributed by atoms with van der Waals surface area (Å²) in [5.41, 5.74) is 12.1. The van der Waals surface area contributed by atoms with Gasteiger partial charge in [-0.3, -0.25) is 0 Å². The summed E-state index contributed by atoms with van der Waals surface area (Å²) in [7, 11) is 0. The summed E-state index contributed by atoms with van der Waals surface area (Å²) in [5, 5.41) is 9.13. The number of hydrogen-bond acceptors (Lipinski definition) is 3. The van der Waals surface area contributed by atoms with E-state index in [1.165, 1.54) is 16.2 Å². The maximum Gasteiger partial charge on any atom is 0.137 e. The topological polar surface area (TPSA) is 34.5 Å². The van der Waals surface area contributed by atoms with Crippen molar-refractivity contribution in [1.82, 2.24) is 4.57 Å². The van der Waals surface area contributed by atoms with Gasteiger partial charge in [0, 0.05) is 32.5 Å². The quantitative estimate of drug-likeness (QED) is 0.178. The molecule has 0 radical (unpaired) electrons. The monoisotopic (exact) mass is 716 g/mol. The Kier molecular flexibility index (Phi) is 6.60. The zero-order valence-electron chi connectivity index (χ0n) is 30.2. The molecule has 4 nitrogen and oxygen atoms in total. The number of para-hydroxylation sites is 6. The average molecular weight is 717 g/mol. The van der Waals surface area contributed by atoms with Gasteiger partial charge in [-0.2, -0.15) is 0 Å². The van der Waals surface area contributed by atoms with Crippen LogP contribution in [-0.2, 0) is 0 Å². The molecule has 0 aliphatic heterocycles. The fraction of sp³-hybridized carbons (Fsp3) is 0. The molecular weight excluding hydrogens is 685 g/mol. The van der Waals surface area contributed by atoms with E-state index in [2.05, 4.69) is 198 Å². The van der Waals surface area contributed by atoms with Crippen molar-refractivity contribution in [3.63, 3.8) is 0 Å². The highest BCUT2D eigenvalue weighted by molar-refractivity contribution is 6.18. The second kappa shape index (κ2) is 12.0. The van der Waals surface area contributed by atoms with Gasteiger partial charge >= 0.3 is 0 Å². The lowest BCUT2D eigenvalue weighted by Gasteiger charge is -2.30. The van der Waals surface area contributed by atoms with Crippen molar-refractivity contribution in [1.29, 1.82) is 0 Å². The number of nitrogens with zero attached hydrogens (tertiary/aromatic N) is 2. The Morgan fingerprint density at radius 2 is 0.875 bits per heavy atom. The van der Waals surface area contributed by atoms with Crippen LogP contribution in [0.5, 0.6) is 0 Å². The normalized spacial score (nSPS) is 11.9. The molecule has 0 bridgehead atoms. The Labute approximate surface area is 321 Å². The van der Waals surface area contributed by atoms with Crippen LogP contribution in [0, 0.1) is 0 Å². The number of aromatic nitrogens is 1. The van der Waals surface area contributed by atoms with Crippen LogP contribution in [0.15, 0.2) is 203 Å². The van der Waals surface area contributed by atoms with E-state index in [-0.39, 0.29) is 0 Å². The van der Waals surface area contributed by atoms with Crippen molar-refractivity contribution in [3.8, 4) is 16.8 Å². The third kappa shape index (κ3) is 4.47. The molecule has 0 aliphatic carbocycles. The maximum absolute atomic E-state index is 6.61. The zero-order valence-corrected chi connectivity index (χ0v) is 30.2. The predicted molar refractivity (Wildman–Crippen MR) is 233 cm³/mol. The largest absolute Gasteiger partial charge is 0.456 e. The van der Waals surface area contributed by atoms with E-state index in [1.54, 1.807) is 0 Å². The van der Waals surface area contributed by atoms with Gasteiger partial charge in [0.25, 0.3) is 0 Å². The SMILES string of the molecule is c1ccc(N(c2ccccc2-n2c3ccccc3c3ccccc32)c2cccc3oc4ccccc4c23)c(-c2cccc3oc4cc5ccccc5cc4c23)c1. The third-order valence-corrected chi connectivity index (χ3v) is 11.4. The standard InChI is InChI=1S/C52H32N2O2/c1-2-16-34-32-50-40(31-33(34)15-1)51-38(21-13-29-48(51)56-50)37-19-5-9-24-43(37)54(46-27-14-30-49-52(46)39-20-6-12-28-47(39)55-49)45-26-11-10-25-44(45)53-41-22-7-3-17-35(41)36-18-4-8-23-42(36)53/h1-32H. The molecule has 12 aromatic rings. The van der Waals surface area contributed by atoms with Crippen LogP contribution in [0.2, 0.25) is 0 Å². The van der Waals surface area contributed by atoms with Crippen LogP contribution in [0.3, 0.4) is 0 Å². The summed E-state index contributed by atoms with van der Waals surface area (Å²) < 4.78 is 15.6. The second-order valence-corrected chi connectivity index (χ2v) is 14.4. The highest BCUT2D eigenvalue weighted by atomic mass is 16.3. The minimum atomic E-state index is 0.843. The molecule has 0 saturated heterocycles. The molecule has 4 heteroatoms. The first kappa shape index (κ1) is 30.9. The highest BCUT2D eigenvalue weighted by Gasteiger charge is 2.26. The number of hydrogen-bond donors (Lipinski definition) is 0. The van der Waals surface area contributed by atoms with Gasteiger partial charge in [-0.25, -0.2) is 0 Å². The number of rotatable bonds is 5. The van der Waals surface area contributed by atoms with E-state index in [9.17, 15) is 0 Å². The summed E-state index contributed by atoms with van der Waals surface area (Å²) in [5.74, 6) is 0. The number of benzene rings is 9. The fourth-order valence-corrected chi connectivity index (χ4v) is 8.99. The van der Waals surface area contributed by atoms with E-state index in [0.717, 1.165) is 94.2 Å². The Hall–Kier alpha value is -7.56. The minimum Gasteiger partial charge on any atom is -0.456 e. The number of fused-ring (bicyclic) bond motifs is 10. The first-order valence-electron chi connectivity index (χ1n) is 19.0. The summed E-state index contributed by atoms with van der Waals surface area (Å²) in [6.45, 7) is 0.